The van der Waals surface area contributed by atoms with Crippen LogP contribution in [0.15, 0.2) is 206 Å². The molecular formula is C72H52F8N2. The Balaban J connectivity index is 1.14. The standard InChI is InChI=1S/C72H52F8N2/c1-71(2,3)47-23-27-49(28-24-47)81(51-37-43(67-55(73)11-7-12-56(67)74)35-44(38-51)68-57(75)13-8-14-58(68)76)63-33-21-41-20-32-54-64(34-22-42-19-31-53(63)65(41)66(42)54)82(50-29-25-48(26-30-50)72(4,5)6)52-39-45(69-59(77)15-9-16-60(69)78)36-46(40-52)70-61(79)17-10-18-62(70)80/h7-40H,1-6H3. The molecule has 0 saturated heterocycles. The summed E-state index contributed by atoms with van der Waals surface area (Å²) in [4.78, 5) is 3.84. The molecule has 0 N–H and O–H groups in total. The maximum absolute atomic E-state index is 16.0. The van der Waals surface area contributed by atoms with E-state index in [-0.39, 0.29) is 55.3 Å². The third-order valence-electron chi connectivity index (χ3n) is 15.4. The van der Waals surface area contributed by atoms with Crippen molar-refractivity contribution in [1.82, 2.24) is 0 Å². The molecule has 0 radical (unpaired) electrons. The van der Waals surface area contributed by atoms with Crippen LogP contribution in [0.5, 0.6) is 0 Å². The molecule has 406 valence electrons. The lowest BCUT2D eigenvalue weighted by Gasteiger charge is -2.31. The summed E-state index contributed by atoms with van der Waals surface area (Å²) in [5, 5.41) is 4.82. The molecular weight excluding hydrogens is 1040 g/mol. The molecule has 0 fully saturated rings. The molecule has 82 heavy (non-hydrogen) atoms. The second kappa shape index (κ2) is 20.4. The van der Waals surface area contributed by atoms with Crippen LogP contribution in [0, 0.1) is 46.5 Å². The number of hydrogen-bond acceptors (Lipinski definition) is 2. The van der Waals surface area contributed by atoms with Gasteiger partial charge in [0, 0.05) is 33.5 Å². The molecule has 0 aliphatic carbocycles. The normalized spacial score (nSPS) is 12.0. The Morgan fingerprint density at radius 1 is 0.268 bits per heavy atom. The highest BCUT2D eigenvalue weighted by molar-refractivity contribution is 6.28. The largest absolute Gasteiger partial charge is 0.310 e. The van der Waals surface area contributed by atoms with Gasteiger partial charge in [-0.15, -0.1) is 0 Å². The van der Waals surface area contributed by atoms with Gasteiger partial charge in [0.25, 0.3) is 0 Å². The van der Waals surface area contributed by atoms with Gasteiger partial charge in [-0.3, -0.25) is 0 Å². The molecule has 0 bridgehead atoms. The Hall–Kier alpha value is -9.28. The minimum Gasteiger partial charge on any atom is -0.310 e. The van der Waals surface area contributed by atoms with Crippen LogP contribution in [0.25, 0.3) is 76.8 Å². The zero-order chi connectivity index (χ0) is 57.5. The third-order valence-corrected chi connectivity index (χ3v) is 15.4. The van der Waals surface area contributed by atoms with E-state index in [2.05, 4.69) is 41.5 Å². The number of rotatable bonds is 10. The fourth-order valence-electron chi connectivity index (χ4n) is 11.4. The summed E-state index contributed by atoms with van der Waals surface area (Å²) < 4.78 is 128. The van der Waals surface area contributed by atoms with Crippen molar-refractivity contribution in [2.75, 3.05) is 9.80 Å². The fraction of sp³-hybridized carbons (Fsp3) is 0.111. The highest BCUT2D eigenvalue weighted by Crippen LogP contribution is 2.50. The van der Waals surface area contributed by atoms with Crippen LogP contribution < -0.4 is 9.80 Å². The van der Waals surface area contributed by atoms with Gasteiger partial charge in [0.15, 0.2) is 0 Å². The maximum atomic E-state index is 16.0. The molecule has 0 spiro atoms. The number of hydrogen-bond donors (Lipinski definition) is 0. The Bertz CT molecular complexity index is 3950. The Labute approximate surface area is 470 Å². The summed E-state index contributed by atoms with van der Waals surface area (Å²) >= 11 is 0. The molecule has 0 aliphatic heterocycles. The molecule has 12 rings (SSSR count). The predicted molar refractivity (Wildman–Crippen MR) is 318 cm³/mol. The molecule has 0 aliphatic rings. The molecule has 0 atom stereocenters. The SMILES string of the molecule is CC(C)(C)c1ccc(N(c2cc(-c3c(F)cccc3F)cc(-c3c(F)cccc3F)c2)c2ccc3ccc4c(N(c5ccc(C(C)(C)C)cc5)c5cc(-c6c(F)cccc6F)cc(-c6c(F)cccc6F)c5)ccc5ccc2c3c54)cc1. The second-order valence-corrected chi connectivity index (χ2v) is 22.8. The van der Waals surface area contributed by atoms with E-state index >= 15 is 35.1 Å². The van der Waals surface area contributed by atoms with E-state index in [1.54, 1.807) is 24.3 Å². The lowest BCUT2D eigenvalue weighted by Crippen LogP contribution is -2.14. The average molecular weight is 1100 g/mol. The van der Waals surface area contributed by atoms with Crippen molar-refractivity contribution >= 4 is 66.4 Å². The van der Waals surface area contributed by atoms with Crippen LogP contribution in [-0.4, -0.2) is 0 Å². The van der Waals surface area contributed by atoms with Crippen LogP contribution in [-0.2, 0) is 10.8 Å². The summed E-state index contributed by atoms with van der Waals surface area (Å²) in [6.07, 6.45) is 0. The monoisotopic (exact) mass is 1100 g/mol. The minimum atomic E-state index is -0.863. The van der Waals surface area contributed by atoms with Crippen LogP contribution >= 0.6 is 0 Å². The van der Waals surface area contributed by atoms with Gasteiger partial charge in [-0.1, -0.05) is 126 Å². The summed E-state index contributed by atoms with van der Waals surface area (Å²) in [6.45, 7) is 12.6. The Kier molecular flexibility index (Phi) is 13.3. The molecule has 12 aromatic carbocycles. The lowest BCUT2D eigenvalue weighted by atomic mass is 9.87. The third kappa shape index (κ3) is 9.45. The van der Waals surface area contributed by atoms with Crippen LogP contribution in [0.2, 0.25) is 0 Å². The molecule has 2 nitrogen and oxygen atoms in total. The van der Waals surface area contributed by atoms with Gasteiger partial charge in [0.2, 0.25) is 0 Å². The van der Waals surface area contributed by atoms with E-state index in [4.69, 9.17) is 0 Å². The van der Waals surface area contributed by atoms with Gasteiger partial charge < -0.3 is 9.80 Å². The number of nitrogens with zero attached hydrogens (tertiary/aromatic N) is 2. The van der Waals surface area contributed by atoms with Crippen LogP contribution in [0.4, 0.5) is 69.2 Å². The van der Waals surface area contributed by atoms with Crippen molar-refractivity contribution in [2.45, 2.75) is 52.4 Å². The van der Waals surface area contributed by atoms with Crippen molar-refractivity contribution < 1.29 is 35.1 Å². The average Bonchev–Trinajstić information content (AvgIpc) is 1.17. The Morgan fingerprint density at radius 2 is 0.524 bits per heavy atom. The smallest absolute Gasteiger partial charge is 0.133 e. The molecule has 0 saturated carbocycles. The number of benzene rings is 12. The van der Waals surface area contributed by atoms with E-state index in [9.17, 15) is 0 Å². The zero-order valence-corrected chi connectivity index (χ0v) is 45.5. The maximum Gasteiger partial charge on any atom is 0.133 e. The van der Waals surface area contributed by atoms with Gasteiger partial charge in [-0.2, -0.15) is 0 Å². The Morgan fingerprint density at radius 3 is 0.780 bits per heavy atom. The van der Waals surface area contributed by atoms with E-state index in [0.29, 0.717) is 34.1 Å². The topological polar surface area (TPSA) is 6.48 Å². The van der Waals surface area contributed by atoms with Gasteiger partial charge in [-0.25, -0.2) is 35.1 Å². The first-order valence-electron chi connectivity index (χ1n) is 26.8. The predicted octanol–water partition coefficient (Wildman–Crippen LogP) is 21.9. The van der Waals surface area contributed by atoms with Gasteiger partial charge in [0.05, 0.1) is 33.6 Å². The summed E-state index contributed by atoms with van der Waals surface area (Å²) in [5.41, 5.74) is 3.46. The van der Waals surface area contributed by atoms with Crippen molar-refractivity contribution in [3.63, 3.8) is 0 Å². The molecule has 12 aromatic rings. The van der Waals surface area contributed by atoms with Crippen LogP contribution in [0.1, 0.15) is 52.7 Å². The van der Waals surface area contributed by atoms with Gasteiger partial charge in [-0.05, 0) is 187 Å². The van der Waals surface area contributed by atoms with Crippen molar-refractivity contribution in [2.24, 2.45) is 0 Å². The summed E-state index contributed by atoms with van der Waals surface area (Å²) in [7, 11) is 0. The first-order valence-corrected chi connectivity index (χ1v) is 26.8. The fourth-order valence-corrected chi connectivity index (χ4v) is 11.4. The minimum absolute atomic E-state index is 0.0442. The highest BCUT2D eigenvalue weighted by atomic mass is 19.2. The zero-order valence-electron chi connectivity index (χ0n) is 45.5. The van der Waals surface area contributed by atoms with Crippen molar-refractivity contribution in [1.29, 1.82) is 0 Å². The van der Waals surface area contributed by atoms with Crippen molar-refractivity contribution in [3.05, 3.63) is 264 Å². The van der Waals surface area contributed by atoms with E-state index in [1.807, 2.05) is 107 Å². The quantitative estimate of drug-likeness (QED) is 0.0995. The molecule has 10 heteroatoms. The van der Waals surface area contributed by atoms with Crippen LogP contribution in [0.3, 0.4) is 0 Å². The van der Waals surface area contributed by atoms with Crippen molar-refractivity contribution in [3.8, 4) is 44.5 Å². The first-order chi connectivity index (χ1) is 39.2. The van der Waals surface area contributed by atoms with Gasteiger partial charge >= 0.3 is 0 Å². The summed E-state index contributed by atoms with van der Waals surface area (Å²) in [6, 6.07) is 55.0. The number of halogens is 8. The molecule has 0 amide bonds. The van der Waals surface area contributed by atoms with Gasteiger partial charge in [0.1, 0.15) is 46.5 Å². The second-order valence-electron chi connectivity index (χ2n) is 22.8. The molecule has 0 heterocycles. The lowest BCUT2D eigenvalue weighted by molar-refractivity contribution is 0.588. The first kappa shape index (κ1) is 53.4. The van der Waals surface area contributed by atoms with E-state index in [0.717, 1.165) is 92.0 Å². The summed E-state index contributed by atoms with van der Waals surface area (Å²) in [5.74, 6) is -6.91. The molecule has 0 unspecified atom stereocenters. The molecule has 0 aromatic heterocycles. The van der Waals surface area contributed by atoms with E-state index < -0.39 is 46.5 Å². The highest BCUT2D eigenvalue weighted by Gasteiger charge is 2.28. The van der Waals surface area contributed by atoms with E-state index in [1.165, 1.54) is 36.4 Å². The number of anilines is 6.